The van der Waals surface area contributed by atoms with Gasteiger partial charge in [0.15, 0.2) is 5.96 Å². The fourth-order valence-corrected chi connectivity index (χ4v) is 3.42. The summed E-state index contributed by atoms with van der Waals surface area (Å²) in [7, 11) is 0. The van der Waals surface area contributed by atoms with Gasteiger partial charge in [-0.2, -0.15) is 0 Å². The van der Waals surface area contributed by atoms with E-state index in [4.69, 9.17) is 16.3 Å². The van der Waals surface area contributed by atoms with E-state index >= 15 is 0 Å². The third kappa shape index (κ3) is 8.50. The standard InChI is InChI=1S/C22H35ClN4O3/c1-4-24-22(25-14-20(28)16-30-15-17(2)3)27-10-8-26(9-11-27)21(29)13-18-6-5-7-19(23)12-18/h5-7,12,17,20,28H,4,8-11,13-16H2,1-3H3,(H,24,25). The summed E-state index contributed by atoms with van der Waals surface area (Å²) in [5.74, 6) is 1.31. The molecule has 0 bridgehead atoms. The van der Waals surface area contributed by atoms with Gasteiger partial charge in [-0.25, -0.2) is 0 Å². The number of amides is 1. The summed E-state index contributed by atoms with van der Waals surface area (Å²) in [4.78, 5) is 21.2. The van der Waals surface area contributed by atoms with Crippen LogP contribution in [0.1, 0.15) is 26.3 Å². The Morgan fingerprint density at radius 2 is 1.93 bits per heavy atom. The molecule has 8 heteroatoms. The van der Waals surface area contributed by atoms with Crippen molar-refractivity contribution >= 4 is 23.5 Å². The number of nitrogens with zero attached hydrogens (tertiary/aromatic N) is 3. The average Bonchev–Trinajstić information content (AvgIpc) is 2.71. The molecule has 1 aromatic rings. The van der Waals surface area contributed by atoms with E-state index in [1.807, 2.05) is 36.1 Å². The van der Waals surface area contributed by atoms with Crippen molar-refractivity contribution in [3.05, 3.63) is 34.9 Å². The zero-order valence-electron chi connectivity index (χ0n) is 18.3. The molecule has 0 aromatic heterocycles. The number of ether oxygens (including phenoxy) is 1. The Bertz CT molecular complexity index is 691. The fraction of sp³-hybridized carbons (Fsp3) is 0.636. The molecule has 1 amide bonds. The van der Waals surface area contributed by atoms with Crippen LogP contribution in [0, 0.1) is 5.92 Å². The number of aliphatic hydroxyl groups is 1. The molecule has 1 saturated heterocycles. The molecular formula is C22H35ClN4O3. The van der Waals surface area contributed by atoms with E-state index in [-0.39, 0.29) is 19.1 Å². The van der Waals surface area contributed by atoms with Gasteiger partial charge in [0, 0.05) is 44.4 Å². The molecule has 1 fully saturated rings. The quantitative estimate of drug-likeness (QED) is 0.455. The molecule has 7 nitrogen and oxygen atoms in total. The van der Waals surface area contributed by atoms with Crippen molar-refractivity contribution in [1.82, 2.24) is 15.1 Å². The minimum Gasteiger partial charge on any atom is -0.389 e. The number of hydrogen-bond donors (Lipinski definition) is 2. The number of guanidine groups is 1. The number of aliphatic imine (C=N–C) groups is 1. The molecule has 1 aromatic carbocycles. The summed E-state index contributed by atoms with van der Waals surface area (Å²) in [5.41, 5.74) is 0.929. The minimum absolute atomic E-state index is 0.108. The van der Waals surface area contributed by atoms with E-state index in [1.165, 1.54) is 0 Å². The topological polar surface area (TPSA) is 77.4 Å². The van der Waals surface area contributed by atoms with E-state index in [0.29, 0.717) is 50.1 Å². The molecule has 2 N–H and O–H groups in total. The first-order chi connectivity index (χ1) is 14.4. The predicted molar refractivity (Wildman–Crippen MR) is 121 cm³/mol. The van der Waals surface area contributed by atoms with Crippen LogP contribution in [0.4, 0.5) is 0 Å². The van der Waals surface area contributed by atoms with Crippen molar-refractivity contribution in [2.75, 3.05) is 52.5 Å². The Balaban J connectivity index is 1.83. The molecule has 0 saturated carbocycles. The van der Waals surface area contributed by atoms with E-state index in [1.54, 1.807) is 0 Å². The Morgan fingerprint density at radius 1 is 1.23 bits per heavy atom. The van der Waals surface area contributed by atoms with Crippen LogP contribution in [0.5, 0.6) is 0 Å². The second-order valence-corrected chi connectivity index (χ2v) is 8.39. The second kappa shape index (κ2) is 12.8. The Kier molecular flexibility index (Phi) is 10.4. The summed E-state index contributed by atoms with van der Waals surface area (Å²) < 4.78 is 5.49. The van der Waals surface area contributed by atoms with E-state index < -0.39 is 6.10 Å². The normalized spacial score (nSPS) is 16.1. The van der Waals surface area contributed by atoms with E-state index in [2.05, 4.69) is 29.1 Å². The smallest absolute Gasteiger partial charge is 0.227 e. The monoisotopic (exact) mass is 438 g/mol. The van der Waals surface area contributed by atoms with Gasteiger partial charge in [0.05, 0.1) is 25.7 Å². The van der Waals surface area contributed by atoms with E-state index in [9.17, 15) is 9.90 Å². The lowest BCUT2D eigenvalue weighted by atomic mass is 10.1. The van der Waals surface area contributed by atoms with Crippen LogP contribution in [-0.4, -0.2) is 85.4 Å². The fourth-order valence-electron chi connectivity index (χ4n) is 3.21. The van der Waals surface area contributed by atoms with Crippen molar-refractivity contribution < 1.29 is 14.6 Å². The molecular weight excluding hydrogens is 404 g/mol. The number of carbonyl (C=O) groups is 1. The van der Waals surface area contributed by atoms with Gasteiger partial charge >= 0.3 is 0 Å². The van der Waals surface area contributed by atoms with Crippen molar-refractivity contribution in [2.24, 2.45) is 10.9 Å². The van der Waals surface area contributed by atoms with Gasteiger partial charge in [-0.1, -0.05) is 37.6 Å². The van der Waals surface area contributed by atoms with Crippen LogP contribution >= 0.6 is 11.6 Å². The summed E-state index contributed by atoms with van der Waals surface area (Å²) in [6.07, 6.45) is -0.268. The average molecular weight is 439 g/mol. The van der Waals surface area contributed by atoms with E-state index in [0.717, 1.165) is 18.1 Å². The van der Waals surface area contributed by atoms with Crippen LogP contribution in [0.15, 0.2) is 29.3 Å². The number of carbonyl (C=O) groups excluding carboxylic acids is 1. The molecule has 2 rings (SSSR count). The van der Waals surface area contributed by atoms with Crippen molar-refractivity contribution in [1.29, 1.82) is 0 Å². The molecule has 30 heavy (non-hydrogen) atoms. The van der Waals surface area contributed by atoms with Gasteiger partial charge in [-0.3, -0.25) is 9.79 Å². The highest BCUT2D eigenvalue weighted by molar-refractivity contribution is 6.30. The lowest BCUT2D eigenvalue weighted by molar-refractivity contribution is -0.131. The van der Waals surface area contributed by atoms with Gasteiger partial charge in [-0.15, -0.1) is 0 Å². The Hall–Kier alpha value is -1.83. The number of nitrogens with one attached hydrogen (secondary N) is 1. The number of piperazine rings is 1. The highest BCUT2D eigenvalue weighted by Crippen LogP contribution is 2.13. The molecule has 1 unspecified atom stereocenters. The maximum Gasteiger partial charge on any atom is 0.227 e. The van der Waals surface area contributed by atoms with Crippen LogP contribution < -0.4 is 5.32 Å². The number of hydrogen-bond acceptors (Lipinski definition) is 4. The first-order valence-corrected chi connectivity index (χ1v) is 11.1. The third-order valence-corrected chi connectivity index (χ3v) is 4.96. The lowest BCUT2D eigenvalue weighted by Gasteiger charge is -2.36. The maximum absolute atomic E-state index is 12.6. The van der Waals surface area contributed by atoms with Gasteiger partial charge < -0.3 is 25.0 Å². The molecule has 1 atom stereocenters. The highest BCUT2D eigenvalue weighted by atomic mass is 35.5. The highest BCUT2D eigenvalue weighted by Gasteiger charge is 2.23. The number of halogens is 1. The molecule has 0 aliphatic carbocycles. The largest absolute Gasteiger partial charge is 0.389 e. The van der Waals surface area contributed by atoms with Crippen molar-refractivity contribution in [3.8, 4) is 0 Å². The lowest BCUT2D eigenvalue weighted by Crippen LogP contribution is -2.54. The molecule has 0 spiro atoms. The summed E-state index contributed by atoms with van der Waals surface area (Å²) in [6, 6.07) is 7.43. The van der Waals surface area contributed by atoms with Gasteiger partial charge in [-0.05, 0) is 30.5 Å². The Labute approximate surface area is 185 Å². The van der Waals surface area contributed by atoms with Gasteiger partial charge in [0.2, 0.25) is 5.91 Å². The zero-order chi connectivity index (χ0) is 21.9. The molecule has 0 radical (unpaired) electrons. The maximum atomic E-state index is 12.6. The van der Waals surface area contributed by atoms with Crippen LogP contribution in [0.25, 0.3) is 0 Å². The number of aliphatic hydroxyl groups excluding tert-OH is 1. The molecule has 1 aliphatic rings. The molecule has 1 aliphatic heterocycles. The Morgan fingerprint density at radius 3 is 2.57 bits per heavy atom. The first kappa shape index (κ1) is 24.4. The first-order valence-electron chi connectivity index (χ1n) is 10.7. The summed E-state index contributed by atoms with van der Waals surface area (Å²) in [5, 5.41) is 14.0. The number of benzene rings is 1. The second-order valence-electron chi connectivity index (χ2n) is 7.95. The summed E-state index contributed by atoms with van der Waals surface area (Å²) >= 11 is 6.01. The number of rotatable bonds is 9. The predicted octanol–water partition coefficient (Wildman–Crippen LogP) is 2.03. The SMILES string of the molecule is CCNC(=NCC(O)COCC(C)C)N1CCN(C(=O)Cc2cccc(Cl)c2)CC1. The molecule has 1 heterocycles. The zero-order valence-corrected chi connectivity index (χ0v) is 19.1. The van der Waals surface area contributed by atoms with Crippen molar-refractivity contribution in [3.63, 3.8) is 0 Å². The van der Waals surface area contributed by atoms with Crippen LogP contribution in [0.3, 0.4) is 0 Å². The summed E-state index contributed by atoms with van der Waals surface area (Å²) in [6.45, 7) is 10.8. The third-order valence-electron chi connectivity index (χ3n) is 4.72. The minimum atomic E-state index is -0.627. The van der Waals surface area contributed by atoms with Gasteiger partial charge in [0.25, 0.3) is 0 Å². The van der Waals surface area contributed by atoms with Crippen LogP contribution in [-0.2, 0) is 16.0 Å². The van der Waals surface area contributed by atoms with Gasteiger partial charge in [0.1, 0.15) is 0 Å². The van der Waals surface area contributed by atoms with Crippen molar-refractivity contribution in [2.45, 2.75) is 33.3 Å². The molecule has 168 valence electrons. The van der Waals surface area contributed by atoms with Crippen LogP contribution in [0.2, 0.25) is 5.02 Å².